The number of nitrogens with zero attached hydrogens (tertiary/aromatic N) is 1. The van der Waals surface area contributed by atoms with Gasteiger partial charge in [0.25, 0.3) is 0 Å². The Bertz CT molecular complexity index is 546. The van der Waals surface area contributed by atoms with E-state index in [1.54, 1.807) is 0 Å². The van der Waals surface area contributed by atoms with Gasteiger partial charge >= 0.3 is 6.09 Å². The van der Waals surface area contributed by atoms with Crippen LogP contribution in [0.3, 0.4) is 0 Å². The van der Waals surface area contributed by atoms with Crippen LogP contribution in [0.2, 0.25) is 0 Å². The van der Waals surface area contributed by atoms with Gasteiger partial charge in [0, 0.05) is 12.0 Å². The van der Waals surface area contributed by atoms with Gasteiger partial charge in [-0.05, 0) is 44.7 Å². The Hall–Kier alpha value is -1.51. The Labute approximate surface area is 120 Å². The minimum absolute atomic E-state index is 0.168. The Morgan fingerprint density at radius 1 is 1.15 bits per heavy atom. The van der Waals surface area contributed by atoms with Crippen molar-refractivity contribution in [3.63, 3.8) is 0 Å². The van der Waals surface area contributed by atoms with Crippen molar-refractivity contribution in [2.75, 3.05) is 0 Å². The third-order valence-corrected chi connectivity index (χ3v) is 4.60. The molecule has 3 nitrogen and oxygen atoms in total. The number of likely N-dealkylation sites (tertiary alicyclic amines) is 1. The Morgan fingerprint density at radius 2 is 1.75 bits per heavy atom. The van der Waals surface area contributed by atoms with Crippen LogP contribution in [-0.4, -0.2) is 22.6 Å². The minimum atomic E-state index is -0.443. The van der Waals surface area contributed by atoms with E-state index < -0.39 is 5.60 Å². The third kappa shape index (κ3) is 1.83. The van der Waals surface area contributed by atoms with Crippen LogP contribution in [0.1, 0.15) is 57.7 Å². The highest BCUT2D eigenvalue weighted by atomic mass is 16.6. The van der Waals surface area contributed by atoms with Crippen LogP contribution in [0.25, 0.3) is 0 Å². The topological polar surface area (TPSA) is 29.5 Å². The number of benzene rings is 1. The van der Waals surface area contributed by atoms with Crippen molar-refractivity contribution in [2.45, 2.75) is 58.2 Å². The van der Waals surface area contributed by atoms with E-state index in [1.165, 1.54) is 11.1 Å². The molecule has 1 saturated heterocycles. The van der Waals surface area contributed by atoms with Crippen LogP contribution < -0.4 is 0 Å². The SMILES string of the molecule is CC1C2c3ccccc3C1N(C(=O)OC(C)(C)C)C2C. The molecule has 2 aliphatic rings. The van der Waals surface area contributed by atoms with Gasteiger partial charge in [-0.2, -0.15) is 0 Å². The Morgan fingerprint density at radius 3 is 2.35 bits per heavy atom. The van der Waals surface area contributed by atoms with Crippen molar-refractivity contribution in [2.24, 2.45) is 5.92 Å². The fourth-order valence-electron chi connectivity index (χ4n) is 3.97. The van der Waals surface area contributed by atoms with Crippen molar-refractivity contribution >= 4 is 6.09 Å². The standard InChI is InChI=1S/C17H23NO2/c1-10-14-11(2)18(16(19)20-17(3,4)5)15(10)13-9-7-6-8-12(13)14/h6-11,14-15H,1-5H3. The number of amides is 1. The van der Waals surface area contributed by atoms with Gasteiger partial charge in [0.15, 0.2) is 0 Å². The van der Waals surface area contributed by atoms with E-state index in [4.69, 9.17) is 4.74 Å². The number of fused-ring (bicyclic) bond motifs is 5. The summed E-state index contributed by atoms with van der Waals surface area (Å²) in [5, 5.41) is 0. The zero-order chi connectivity index (χ0) is 14.7. The highest BCUT2D eigenvalue weighted by Gasteiger charge is 2.54. The van der Waals surface area contributed by atoms with Crippen LogP contribution in [-0.2, 0) is 4.74 Å². The van der Waals surface area contributed by atoms with Gasteiger partial charge in [0.05, 0.1) is 6.04 Å². The van der Waals surface area contributed by atoms with E-state index >= 15 is 0 Å². The number of rotatable bonds is 0. The molecule has 20 heavy (non-hydrogen) atoms. The van der Waals surface area contributed by atoms with Crippen molar-refractivity contribution < 1.29 is 9.53 Å². The summed E-state index contributed by atoms with van der Waals surface area (Å²) in [6, 6.07) is 8.89. The third-order valence-electron chi connectivity index (χ3n) is 4.60. The maximum atomic E-state index is 12.5. The average Bonchev–Trinajstić information content (AvgIpc) is 2.75. The number of hydrogen-bond donors (Lipinski definition) is 0. The number of ether oxygens (including phenoxy) is 1. The fraction of sp³-hybridized carbons (Fsp3) is 0.588. The van der Waals surface area contributed by atoms with Crippen LogP contribution in [0.5, 0.6) is 0 Å². The molecule has 4 atom stereocenters. The molecule has 3 heteroatoms. The molecule has 1 amide bonds. The first-order valence-electron chi connectivity index (χ1n) is 7.41. The second kappa shape index (κ2) is 4.24. The predicted molar refractivity (Wildman–Crippen MR) is 78.6 cm³/mol. The summed E-state index contributed by atoms with van der Waals surface area (Å²) in [7, 11) is 0. The van der Waals surface area contributed by atoms with Crippen LogP contribution in [0.15, 0.2) is 24.3 Å². The minimum Gasteiger partial charge on any atom is -0.444 e. The summed E-state index contributed by atoms with van der Waals surface area (Å²) in [6.07, 6.45) is -0.182. The monoisotopic (exact) mass is 273 g/mol. The molecule has 3 rings (SSSR count). The highest BCUT2D eigenvalue weighted by Crippen LogP contribution is 2.57. The smallest absolute Gasteiger partial charge is 0.411 e. The highest BCUT2D eigenvalue weighted by molar-refractivity contribution is 5.71. The maximum Gasteiger partial charge on any atom is 0.411 e. The lowest BCUT2D eigenvalue weighted by molar-refractivity contribution is 0.0129. The molecule has 1 aliphatic heterocycles. The molecule has 1 aromatic rings. The van der Waals surface area contributed by atoms with Crippen molar-refractivity contribution in [3.8, 4) is 0 Å². The molecule has 108 valence electrons. The number of carbonyl (C=O) groups excluding carboxylic acids is 1. The van der Waals surface area contributed by atoms with Gasteiger partial charge in [-0.3, -0.25) is 4.90 Å². The van der Waals surface area contributed by atoms with E-state index in [-0.39, 0.29) is 18.2 Å². The van der Waals surface area contributed by atoms with Gasteiger partial charge < -0.3 is 4.74 Å². The molecule has 0 N–H and O–H groups in total. The molecule has 0 radical (unpaired) electrons. The van der Waals surface area contributed by atoms with Gasteiger partial charge in [-0.25, -0.2) is 4.79 Å². The largest absolute Gasteiger partial charge is 0.444 e. The first kappa shape index (κ1) is 13.5. The molecule has 0 spiro atoms. The number of carbonyl (C=O) groups is 1. The van der Waals surface area contributed by atoms with Crippen molar-refractivity contribution in [1.29, 1.82) is 0 Å². The predicted octanol–water partition coefficient (Wildman–Crippen LogP) is 4.10. The summed E-state index contributed by atoms with van der Waals surface area (Å²) >= 11 is 0. The lowest BCUT2D eigenvalue weighted by Gasteiger charge is -2.35. The molecule has 0 aromatic heterocycles. The average molecular weight is 273 g/mol. The lowest BCUT2D eigenvalue weighted by atomic mass is 9.90. The van der Waals surface area contributed by atoms with Gasteiger partial charge in [0.2, 0.25) is 0 Å². The zero-order valence-corrected chi connectivity index (χ0v) is 12.9. The van der Waals surface area contributed by atoms with Crippen LogP contribution in [0.4, 0.5) is 4.79 Å². The Kier molecular flexibility index (Phi) is 2.86. The van der Waals surface area contributed by atoms with Gasteiger partial charge in [-0.15, -0.1) is 0 Å². The summed E-state index contributed by atoms with van der Waals surface area (Å²) < 4.78 is 5.60. The molecule has 0 saturated carbocycles. The van der Waals surface area contributed by atoms with Crippen molar-refractivity contribution in [3.05, 3.63) is 35.4 Å². The summed E-state index contributed by atoms with van der Waals surface area (Å²) in [4.78, 5) is 14.5. The molecule has 2 bridgehead atoms. The lowest BCUT2D eigenvalue weighted by Crippen LogP contribution is -2.43. The molecule has 4 unspecified atom stereocenters. The fourth-order valence-corrected chi connectivity index (χ4v) is 3.97. The Balaban J connectivity index is 1.95. The van der Waals surface area contributed by atoms with E-state index in [1.807, 2.05) is 25.7 Å². The van der Waals surface area contributed by atoms with Crippen molar-refractivity contribution in [1.82, 2.24) is 4.90 Å². The molecule has 1 heterocycles. The normalized spacial score (nSPS) is 31.4. The molecular formula is C17H23NO2. The van der Waals surface area contributed by atoms with E-state index in [0.717, 1.165) is 0 Å². The number of hydrogen-bond acceptors (Lipinski definition) is 2. The summed E-state index contributed by atoms with van der Waals surface area (Å²) in [6.45, 7) is 10.1. The van der Waals surface area contributed by atoms with Gasteiger partial charge in [-0.1, -0.05) is 31.2 Å². The summed E-state index contributed by atoms with van der Waals surface area (Å²) in [5.74, 6) is 0.902. The van der Waals surface area contributed by atoms with Crippen LogP contribution in [0, 0.1) is 5.92 Å². The summed E-state index contributed by atoms with van der Waals surface area (Å²) in [5.41, 5.74) is 2.27. The quantitative estimate of drug-likeness (QED) is 0.712. The van der Waals surface area contributed by atoms with Crippen LogP contribution >= 0.6 is 0 Å². The zero-order valence-electron chi connectivity index (χ0n) is 12.9. The first-order chi connectivity index (χ1) is 9.31. The molecule has 1 aromatic carbocycles. The van der Waals surface area contributed by atoms with Gasteiger partial charge in [0.1, 0.15) is 5.60 Å². The maximum absolute atomic E-state index is 12.5. The van der Waals surface area contributed by atoms with E-state index in [9.17, 15) is 4.79 Å². The molecule has 1 fully saturated rings. The second-order valence-corrected chi connectivity index (χ2v) is 7.09. The first-order valence-corrected chi connectivity index (χ1v) is 7.41. The molecular weight excluding hydrogens is 250 g/mol. The van der Waals surface area contributed by atoms with E-state index in [0.29, 0.717) is 11.8 Å². The second-order valence-electron chi connectivity index (χ2n) is 7.09. The van der Waals surface area contributed by atoms with E-state index in [2.05, 4.69) is 38.1 Å². The molecule has 1 aliphatic carbocycles.